The third kappa shape index (κ3) is 3.87. The molecule has 0 atom stereocenters. The van der Waals surface area contributed by atoms with Gasteiger partial charge in [0.25, 0.3) is 0 Å². The molecule has 0 unspecified atom stereocenters. The number of amides is 1. The van der Waals surface area contributed by atoms with Gasteiger partial charge in [-0.1, -0.05) is 0 Å². The van der Waals surface area contributed by atoms with Crippen LogP contribution in [0.5, 0.6) is 0 Å². The number of halogens is 3. The summed E-state index contributed by atoms with van der Waals surface area (Å²) in [7, 11) is 0. The number of nitrogens with two attached hydrogens (primary N) is 1. The number of hydrogen-bond acceptors (Lipinski definition) is 2. The van der Waals surface area contributed by atoms with Gasteiger partial charge in [0.2, 0.25) is 5.91 Å². The average Bonchev–Trinajstić information content (AvgIpc) is 2.16. The van der Waals surface area contributed by atoms with Crippen LogP contribution >= 0.6 is 0 Å². The van der Waals surface area contributed by atoms with Crippen molar-refractivity contribution in [3.63, 3.8) is 0 Å². The molecule has 1 rings (SSSR count). The van der Waals surface area contributed by atoms with E-state index in [0.717, 1.165) is 0 Å². The molecule has 1 saturated carbocycles. The minimum absolute atomic E-state index is 0.0592. The lowest BCUT2D eigenvalue weighted by molar-refractivity contribution is -0.183. The molecule has 1 aliphatic rings. The van der Waals surface area contributed by atoms with Crippen molar-refractivity contribution in [2.45, 2.75) is 57.3 Å². The van der Waals surface area contributed by atoms with Crippen molar-refractivity contribution in [3.8, 4) is 0 Å². The van der Waals surface area contributed by atoms with Crippen LogP contribution in [0.2, 0.25) is 0 Å². The van der Waals surface area contributed by atoms with Gasteiger partial charge in [0.1, 0.15) is 0 Å². The van der Waals surface area contributed by atoms with E-state index in [4.69, 9.17) is 5.73 Å². The Hall–Kier alpha value is -0.780. The third-order valence-electron chi connectivity index (χ3n) is 3.37. The molecule has 0 heterocycles. The molecule has 3 N–H and O–H groups in total. The van der Waals surface area contributed by atoms with Crippen LogP contribution < -0.4 is 11.1 Å². The molecule has 17 heavy (non-hydrogen) atoms. The highest BCUT2D eigenvalue weighted by Crippen LogP contribution is 2.37. The maximum absolute atomic E-state index is 12.4. The lowest BCUT2D eigenvalue weighted by Gasteiger charge is -2.35. The number of carbonyl (C=O) groups is 1. The third-order valence-corrected chi connectivity index (χ3v) is 3.37. The molecule has 1 amide bonds. The van der Waals surface area contributed by atoms with E-state index < -0.39 is 23.5 Å². The van der Waals surface area contributed by atoms with E-state index in [1.807, 2.05) is 0 Å². The first-order chi connectivity index (χ1) is 7.63. The largest absolute Gasteiger partial charge is 0.391 e. The predicted molar refractivity (Wildman–Crippen MR) is 58.2 cm³/mol. The van der Waals surface area contributed by atoms with Crippen LogP contribution in [-0.4, -0.2) is 23.7 Å². The molecular weight excluding hydrogens is 233 g/mol. The molecule has 0 saturated heterocycles. The second kappa shape index (κ2) is 4.84. The second-order valence-corrected chi connectivity index (χ2v) is 5.22. The van der Waals surface area contributed by atoms with Crippen LogP contribution in [0.15, 0.2) is 0 Å². The molecule has 0 aliphatic heterocycles. The fourth-order valence-electron chi connectivity index (χ4n) is 2.15. The fraction of sp³-hybridized carbons (Fsp3) is 0.909. The van der Waals surface area contributed by atoms with Crippen molar-refractivity contribution >= 4 is 5.91 Å². The normalized spacial score (nSPS) is 26.9. The van der Waals surface area contributed by atoms with Crippen molar-refractivity contribution < 1.29 is 18.0 Å². The van der Waals surface area contributed by atoms with Crippen LogP contribution in [0.4, 0.5) is 13.2 Å². The Labute approximate surface area is 98.9 Å². The molecule has 1 aliphatic carbocycles. The lowest BCUT2D eigenvalue weighted by atomic mass is 9.84. The molecular formula is C11H19F3N2O. The van der Waals surface area contributed by atoms with Crippen molar-refractivity contribution in [1.29, 1.82) is 0 Å². The van der Waals surface area contributed by atoms with Crippen LogP contribution in [0.25, 0.3) is 0 Å². The topological polar surface area (TPSA) is 55.1 Å². The summed E-state index contributed by atoms with van der Waals surface area (Å²) < 4.78 is 37.3. The Morgan fingerprint density at radius 1 is 1.18 bits per heavy atom. The van der Waals surface area contributed by atoms with E-state index in [1.165, 1.54) is 0 Å². The second-order valence-electron chi connectivity index (χ2n) is 5.22. The minimum Gasteiger partial charge on any atom is -0.368 e. The fourth-order valence-corrected chi connectivity index (χ4v) is 2.15. The molecule has 0 radical (unpaired) electrons. The van der Waals surface area contributed by atoms with Gasteiger partial charge in [-0.15, -0.1) is 0 Å². The minimum atomic E-state index is -4.09. The van der Waals surface area contributed by atoms with Gasteiger partial charge in [-0.2, -0.15) is 13.2 Å². The summed E-state index contributed by atoms with van der Waals surface area (Å²) >= 11 is 0. The Bertz CT molecular complexity index is 281. The van der Waals surface area contributed by atoms with Gasteiger partial charge < -0.3 is 11.1 Å². The number of nitrogens with one attached hydrogen (secondary N) is 1. The summed E-state index contributed by atoms with van der Waals surface area (Å²) in [6.45, 7) is 3.29. The number of rotatable bonds is 3. The van der Waals surface area contributed by atoms with Gasteiger partial charge in [-0.05, 0) is 39.5 Å². The number of hydrogen-bond donors (Lipinski definition) is 2. The van der Waals surface area contributed by atoms with Crippen molar-refractivity contribution in [3.05, 3.63) is 0 Å². The predicted octanol–water partition coefficient (Wildman–Crippen LogP) is 1.96. The van der Waals surface area contributed by atoms with Gasteiger partial charge in [-0.3, -0.25) is 4.79 Å². The highest BCUT2D eigenvalue weighted by molar-refractivity contribution is 5.83. The van der Waals surface area contributed by atoms with Crippen LogP contribution in [0.1, 0.15) is 39.5 Å². The number of carbonyl (C=O) groups excluding carboxylic acids is 1. The summed E-state index contributed by atoms with van der Waals surface area (Å²) in [6, 6.07) is -0.0592. The van der Waals surface area contributed by atoms with Crippen LogP contribution in [0.3, 0.4) is 0 Å². The summed E-state index contributed by atoms with van der Waals surface area (Å²) in [5.74, 6) is -1.69. The molecule has 6 heteroatoms. The van der Waals surface area contributed by atoms with Gasteiger partial charge in [0.15, 0.2) is 0 Å². The van der Waals surface area contributed by atoms with E-state index >= 15 is 0 Å². The Kier molecular flexibility index (Phi) is 4.06. The molecule has 0 aromatic carbocycles. The van der Waals surface area contributed by atoms with E-state index in [0.29, 0.717) is 12.8 Å². The maximum atomic E-state index is 12.4. The molecule has 0 bridgehead atoms. The molecule has 3 nitrogen and oxygen atoms in total. The first kappa shape index (κ1) is 14.3. The quantitative estimate of drug-likeness (QED) is 0.806. The van der Waals surface area contributed by atoms with Gasteiger partial charge in [-0.25, -0.2) is 0 Å². The zero-order valence-electron chi connectivity index (χ0n) is 10.1. The first-order valence-corrected chi connectivity index (χ1v) is 5.77. The molecule has 1 fully saturated rings. The summed E-state index contributed by atoms with van der Waals surface area (Å²) in [6.07, 6.45) is -2.99. The van der Waals surface area contributed by atoms with E-state index in [2.05, 4.69) is 5.32 Å². The van der Waals surface area contributed by atoms with Gasteiger partial charge in [0.05, 0.1) is 11.5 Å². The van der Waals surface area contributed by atoms with Gasteiger partial charge in [0, 0.05) is 6.04 Å². The van der Waals surface area contributed by atoms with E-state index in [-0.39, 0.29) is 18.9 Å². The number of primary amides is 1. The number of alkyl halides is 3. The van der Waals surface area contributed by atoms with Crippen molar-refractivity contribution in [2.24, 2.45) is 11.7 Å². The Morgan fingerprint density at radius 2 is 1.65 bits per heavy atom. The summed E-state index contributed by atoms with van der Waals surface area (Å²) in [4.78, 5) is 11.1. The molecule has 0 aromatic rings. The van der Waals surface area contributed by atoms with Crippen LogP contribution in [-0.2, 0) is 4.79 Å². The Balaban J connectivity index is 2.46. The highest BCUT2D eigenvalue weighted by atomic mass is 19.4. The smallest absolute Gasteiger partial charge is 0.368 e. The zero-order chi connectivity index (χ0) is 13.3. The van der Waals surface area contributed by atoms with Gasteiger partial charge >= 0.3 is 6.18 Å². The molecule has 100 valence electrons. The standard InChI is InChI=1S/C11H19F3N2O/c1-10(2,9(15)17)16-8-5-3-7(4-6-8)11(12,13)14/h7-8,16H,3-6H2,1-2H3,(H2,15,17). The first-order valence-electron chi connectivity index (χ1n) is 5.77. The lowest BCUT2D eigenvalue weighted by Crippen LogP contribution is -2.55. The maximum Gasteiger partial charge on any atom is 0.391 e. The van der Waals surface area contributed by atoms with Crippen molar-refractivity contribution in [1.82, 2.24) is 5.32 Å². The Morgan fingerprint density at radius 3 is 2.00 bits per heavy atom. The molecule has 0 spiro atoms. The van der Waals surface area contributed by atoms with E-state index in [9.17, 15) is 18.0 Å². The van der Waals surface area contributed by atoms with Crippen molar-refractivity contribution in [2.75, 3.05) is 0 Å². The summed E-state index contributed by atoms with van der Waals surface area (Å²) in [5, 5.41) is 3.02. The van der Waals surface area contributed by atoms with E-state index in [1.54, 1.807) is 13.8 Å². The zero-order valence-corrected chi connectivity index (χ0v) is 10.1. The molecule has 0 aromatic heterocycles. The average molecular weight is 252 g/mol. The summed E-state index contributed by atoms with van der Waals surface area (Å²) in [5.41, 5.74) is 4.34. The van der Waals surface area contributed by atoms with Crippen LogP contribution in [0, 0.1) is 5.92 Å². The monoisotopic (exact) mass is 252 g/mol. The SMILES string of the molecule is CC(C)(NC1CCC(C(F)(F)F)CC1)C(N)=O. The highest BCUT2D eigenvalue weighted by Gasteiger charge is 2.42.